The van der Waals surface area contributed by atoms with Crippen LogP contribution in [0.1, 0.15) is 13.3 Å². The fourth-order valence-electron chi connectivity index (χ4n) is 0.722. The van der Waals surface area contributed by atoms with Gasteiger partial charge >= 0.3 is 0 Å². The lowest BCUT2D eigenvalue weighted by molar-refractivity contribution is -0.136. The molecule has 4 heteroatoms. The van der Waals surface area contributed by atoms with Gasteiger partial charge in [0.05, 0.1) is 0 Å². The van der Waals surface area contributed by atoms with Crippen LogP contribution in [0.3, 0.4) is 0 Å². The molecule has 0 rings (SSSR count). The van der Waals surface area contributed by atoms with Gasteiger partial charge in [-0.3, -0.25) is 9.59 Å². The first-order chi connectivity index (χ1) is 5.54. The molecule has 0 aliphatic carbocycles. The summed E-state index contributed by atoms with van der Waals surface area (Å²) in [6, 6.07) is 0. The number of rotatable bonds is 5. The molecule has 0 aromatic rings. The molecule has 1 amide bonds. The normalized spacial score (nSPS) is 10.0. The van der Waals surface area contributed by atoms with Crippen molar-refractivity contribution in [2.45, 2.75) is 13.3 Å². The van der Waals surface area contributed by atoms with E-state index in [0.717, 1.165) is 13.0 Å². The van der Waals surface area contributed by atoms with E-state index in [0.29, 0.717) is 6.54 Å². The highest BCUT2D eigenvalue weighted by molar-refractivity contribution is 6.35. The van der Waals surface area contributed by atoms with Crippen molar-refractivity contribution in [1.82, 2.24) is 10.2 Å². The standard InChI is InChI=1S/C8H16N2O2/c1-7(11)8(12)9-5-4-6-10(2)3/h4-6H2,1-3H3,(H,9,12). The van der Waals surface area contributed by atoms with Gasteiger partial charge in [-0.1, -0.05) is 0 Å². The molecule has 70 valence electrons. The average Bonchev–Trinajstić information content (AvgIpc) is 1.97. The third-order valence-corrected chi connectivity index (χ3v) is 1.39. The lowest BCUT2D eigenvalue weighted by Gasteiger charge is -2.08. The molecule has 0 saturated carbocycles. The summed E-state index contributed by atoms with van der Waals surface area (Å²) in [5.41, 5.74) is 0. The third kappa shape index (κ3) is 5.85. The van der Waals surface area contributed by atoms with E-state index >= 15 is 0 Å². The molecular weight excluding hydrogens is 156 g/mol. The third-order valence-electron chi connectivity index (χ3n) is 1.39. The number of nitrogens with one attached hydrogen (secondary N) is 1. The summed E-state index contributed by atoms with van der Waals surface area (Å²) in [7, 11) is 3.93. The Morgan fingerprint density at radius 3 is 2.33 bits per heavy atom. The Labute approximate surface area is 72.9 Å². The van der Waals surface area contributed by atoms with Crippen molar-refractivity contribution >= 4 is 11.7 Å². The van der Waals surface area contributed by atoms with E-state index in [1.54, 1.807) is 0 Å². The molecule has 0 aliphatic rings. The summed E-state index contributed by atoms with van der Waals surface area (Å²) in [5.74, 6) is -0.923. The zero-order chi connectivity index (χ0) is 9.56. The maximum atomic E-state index is 10.7. The largest absolute Gasteiger partial charge is 0.349 e. The number of ketones is 1. The van der Waals surface area contributed by atoms with E-state index in [9.17, 15) is 9.59 Å². The number of Topliss-reactive ketones (excluding diaryl/α,β-unsaturated/α-hetero) is 1. The quantitative estimate of drug-likeness (QED) is 0.455. The molecular formula is C8H16N2O2. The van der Waals surface area contributed by atoms with Crippen molar-refractivity contribution in [3.05, 3.63) is 0 Å². The van der Waals surface area contributed by atoms with Gasteiger partial charge < -0.3 is 10.2 Å². The van der Waals surface area contributed by atoms with Gasteiger partial charge in [0, 0.05) is 13.5 Å². The summed E-state index contributed by atoms with van der Waals surface area (Å²) >= 11 is 0. The number of amides is 1. The Morgan fingerprint density at radius 2 is 1.92 bits per heavy atom. The molecule has 0 fully saturated rings. The smallest absolute Gasteiger partial charge is 0.287 e. The number of hydrogen-bond acceptors (Lipinski definition) is 3. The number of carbonyl (C=O) groups is 2. The van der Waals surface area contributed by atoms with E-state index in [-0.39, 0.29) is 0 Å². The van der Waals surface area contributed by atoms with Crippen molar-refractivity contribution in [1.29, 1.82) is 0 Å². The van der Waals surface area contributed by atoms with E-state index in [1.807, 2.05) is 19.0 Å². The van der Waals surface area contributed by atoms with Crippen LogP contribution in [0.2, 0.25) is 0 Å². The first kappa shape index (κ1) is 11.1. The van der Waals surface area contributed by atoms with Crippen LogP contribution >= 0.6 is 0 Å². The molecule has 0 aliphatic heterocycles. The Morgan fingerprint density at radius 1 is 1.33 bits per heavy atom. The van der Waals surface area contributed by atoms with Gasteiger partial charge in [-0.15, -0.1) is 0 Å². The van der Waals surface area contributed by atoms with Crippen LogP contribution in [0.25, 0.3) is 0 Å². The molecule has 0 heterocycles. The molecule has 0 radical (unpaired) electrons. The summed E-state index contributed by atoms with van der Waals surface area (Å²) in [5, 5.41) is 2.52. The first-order valence-corrected chi connectivity index (χ1v) is 3.97. The molecule has 0 aromatic carbocycles. The summed E-state index contributed by atoms with van der Waals surface area (Å²) in [6.07, 6.45) is 0.867. The molecule has 4 nitrogen and oxygen atoms in total. The number of nitrogens with zero attached hydrogens (tertiary/aromatic N) is 1. The number of carbonyl (C=O) groups excluding carboxylic acids is 2. The maximum Gasteiger partial charge on any atom is 0.287 e. The molecule has 0 aromatic heterocycles. The van der Waals surface area contributed by atoms with Crippen LogP contribution in [0.4, 0.5) is 0 Å². The van der Waals surface area contributed by atoms with Gasteiger partial charge in [-0.25, -0.2) is 0 Å². The van der Waals surface area contributed by atoms with Crippen LogP contribution in [0.15, 0.2) is 0 Å². The van der Waals surface area contributed by atoms with Gasteiger partial charge in [0.1, 0.15) is 0 Å². The van der Waals surface area contributed by atoms with Crippen LogP contribution in [-0.2, 0) is 9.59 Å². The minimum atomic E-state index is -0.492. The molecule has 1 N–H and O–H groups in total. The molecule has 0 spiro atoms. The van der Waals surface area contributed by atoms with E-state index in [2.05, 4.69) is 5.32 Å². The van der Waals surface area contributed by atoms with Crippen molar-refractivity contribution in [2.24, 2.45) is 0 Å². The summed E-state index contributed by atoms with van der Waals surface area (Å²) < 4.78 is 0. The number of hydrogen-bond donors (Lipinski definition) is 1. The second-order valence-corrected chi connectivity index (χ2v) is 2.97. The second kappa shape index (κ2) is 5.71. The average molecular weight is 172 g/mol. The molecule has 12 heavy (non-hydrogen) atoms. The van der Waals surface area contributed by atoms with Crippen LogP contribution in [0, 0.1) is 0 Å². The molecule has 0 bridgehead atoms. The molecule has 0 saturated heterocycles. The van der Waals surface area contributed by atoms with Crippen molar-refractivity contribution in [3.8, 4) is 0 Å². The van der Waals surface area contributed by atoms with Crippen molar-refractivity contribution in [3.63, 3.8) is 0 Å². The minimum absolute atomic E-state index is 0.431. The van der Waals surface area contributed by atoms with Crippen LogP contribution in [0.5, 0.6) is 0 Å². The highest BCUT2D eigenvalue weighted by Crippen LogP contribution is 1.80. The Hall–Kier alpha value is -0.900. The van der Waals surface area contributed by atoms with E-state index in [1.165, 1.54) is 6.92 Å². The Bertz CT molecular complexity index is 166. The topological polar surface area (TPSA) is 49.4 Å². The maximum absolute atomic E-state index is 10.7. The van der Waals surface area contributed by atoms with Gasteiger partial charge in [-0.05, 0) is 27.1 Å². The van der Waals surface area contributed by atoms with E-state index < -0.39 is 11.7 Å². The van der Waals surface area contributed by atoms with Gasteiger partial charge in [-0.2, -0.15) is 0 Å². The highest BCUT2D eigenvalue weighted by atomic mass is 16.2. The lowest BCUT2D eigenvalue weighted by Crippen LogP contribution is -2.31. The SMILES string of the molecule is CC(=O)C(=O)NCCCN(C)C. The predicted molar refractivity (Wildman–Crippen MR) is 46.9 cm³/mol. The highest BCUT2D eigenvalue weighted by Gasteiger charge is 2.04. The first-order valence-electron chi connectivity index (χ1n) is 3.97. The monoisotopic (exact) mass is 172 g/mol. The van der Waals surface area contributed by atoms with Gasteiger partial charge in [0.25, 0.3) is 5.91 Å². The van der Waals surface area contributed by atoms with Crippen LogP contribution in [-0.4, -0.2) is 43.8 Å². The zero-order valence-electron chi connectivity index (χ0n) is 7.89. The van der Waals surface area contributed by atoms with Gasteiger partial charge in [0.15, 0.2) is 0 Å². The second-order valence-electron chi connectivity index (χ2n) is 2.97. The van der Waals surface area contributed by atoms with Crippen LogP contribution < -0.4 is 5.32 Å². The van der Waals surface area contributed by atoms with Gasteiger partial charge in [0.2, 0.25) is 5.78 Å². The summed E-state index contributed by atoms with van der Waals surface area (Å²) in [4.78, 5) is 23.2. The Kier molecular flexibility index (Phi) is 5.28. The van der Waals surface area contributed by atoms with E-state index in [4.69, 9.17) is 0 Å². The fraction of sp³-hybridized carbons (Fsp3) is 0.750. The molecule has 0 unspecified atom stereocenters. The Balaban J connectivity index is 3.32. The van der Waals surface area contributed by atoms with Crippen molar-refractivity contribution in [2.75, 3.05) is 27.2 Å². The zero-order valence-corrected chi connectivity index (χ0v) is 7.89. The molecule has 0 atom stereocenters. The lowest BCUT2D eigenvalue weighted by atomic mass is 10.3. The van der Waals surface area contributed by atoms with Crippen molar-refractivity contribution < 1.29 is 9.59 Å². The summed E-state index contributed by atoms with van der Waals surface area (Å²) in [6.45, 7) is 2.75. The minimum Gasteiger partial charge on any atom is -0.349 e. The fourth-order valence-corrected chi connectivity index (χ4v) is 0.722. The predicted octanol–water partition coefficient (Wildman–Crippen LogP) is -0.357.